The minimum atomic E-state index is 0.321. The van der Waals surface area contributed by atoms with Crippen LogP contribution in [0.2, 0.25) is 25.1 Å². The third kappa shape index (κ3) is 2.83. The van der Waals surface area contributed by atoms with E-state index in [2.05, 4.69) is 0 Å². The summed E-state index contributed by atoms with van der Waals surface area (Å²) in [4.78, 5) is 0. The number of hydrogen-bond acceptors (Lipinski definition) is 0. The van der Waals surface area contributed by atoms with E-state index >= 15 is 0 Å². The van der Waals surface area contributed by atoms with Gasteiger partial charge < -0.3 is 0 Å². The van der Waals surface area contributed by atoms with Gasteiger partial charge in [0.05, 0.1) is 15.1 Å². The zero-order valence-corrected chi connectivity index (χ0v) is 12.1. The molecule has 0 aliphatic carbocycles. The Morgan fingerprint density at radius 1 is 0.647 bits per heavy atom. The van der Waals surface area contributed by atoms with Gasteiger partial charge in [-0.05, 0) is 29.8 Å². The highest BCUT2D eigenvalue weighted by atomic mass is 35.5. The molecule has 0 radical (unpaired) electrons. The van der Waals surface area contributed by atoms with E-state index < -0.39 is 0 Å². The average molecular weight is 326 g/mol. The van der Waals surface area contributed by atoms with Crippen LogP contribution in [0.15, 0.2) is 30.3 Å². The molecule has 5 heteroatoms. The van der Waals surface area contributed by atoms with Crippen LogP contribution in [0.4, 0.5) is 0 Å². The highest BCUT2D eigenvalue weighted by Crippen LogP contribution is 2.39. The molecule has 0 heterocycles. The van der Waals surface area contributed by atoms with Crippen LogP contribution in [0, 0.1) is 0 Å². The van der Waals surface area contributed by atoms with E-state index in [9.17, 15) is 0 Å². The third-order valence-corrected chi connectivity index (χ3v) is 3.94. The maximum absolute atomic E-state index is 6.14. The van der Waals surface area contributed by atoms with Crippen molar-refractivity contribution in [3.05, 3.63) is 55.4 Å². The summed E-state index contributed by atoms with van der Waals surface area (Å²) in [5, 5.41) is 2.19. The van der Waals surface area contributed by atoms with Gasteiger partial charge in [0.25, 0.3) is 0 Å². The molecular formula is C12H5Cl5. The number of rotatable bonds is 1. The monoisotopic (exact) mass is 324 g/mol. The van der Waals surface area contributed by atoms with Crippen LogP contribution in [-0.2, 0) is 0 Å². The molecule has 2 aromatic rings. The van der Waals surface area contributed by atoms with E-state index in [1.165, 1.54) is 0 Å². The molecule has 0 atom stereocenters. The van der Waals surface area contributed by atoms with E-state index in [0.29, 0.717) is 25.1 Å². The van der Waals surface area contributed by atoms with Gasteiger partial charge in [-0.1, -0.05) is 64.1 Å². The van der Waals surface area contributed by atoms with Crippen LogP contribution < -0.4 is 0 Å². The molecular weight excluding hydrogens is 321 g/mol. The standard InChI is InChI=1S/C12H5Cl5/c13-7-3-6(4-8(14)5-7)9-1-2-10(15)12(17)11(9)16/h1-5H. The Balaban J connectivity index is 2.64. The lowest BCUT2D eigenvalue weighted by Crippen LogP contribution is -1.82. The molecule has 0 saturated carbocycles. The molecule has 88 valence electrons. The van der Waals surface area contributed by atoms with E-state index in [-0.39, 0.29) is 0 Å². The second-order valence-corrected chi connectivity index (χ2v) is 5.42. The van der Waals surface area contributed by atoms with Crippen LogP contribution in [0.5, 0.6) is 0 Å². The Labute approximate surface area is 124 Å². The second-order valence-electron chi connectivity index (χ2n) is 3.38. The summed E-state index contributed by atoms with van der Waals surface area (Å²) in [7, 11) is 0. The van der Waals surface area contributed by atoms with Crippen molar-refractivity contribution >= 4 is 58.0 Å². The minimum absolute atomic E-state index is 0.321. The SMILES string of the molecule is Clc1cc(Cl)cc(-c2ccc(Cl)c(Cl)c2Cl)c1. The summed E-state index contributed by atoms with van der Waals surface area (Å²) < 4.78 is 0. The summed E-state index contributed by atoms with van der Waals surface area (Å²) in [6, 6.07) is 8.63. The summed E-state index contributed by atoms with van der Waals surface area (Å²) in [6.45, 7) is 0. The number of hydrogen-bond donors (Lipinski definition) is 0. The summed E-state index contributed by atoms with van der Waals surface area (Å²) in [5.74, 6) is 0. The van der Waals surface area contributed by atoms with Crippen molar-refractivity contribution in [3.63, 3.8) is 0 Å². The maximum Gasteiger partial charge on any atom is 0.0784 e. The van der Waals surface area contributed by atoms with Gasteiger partial charge in [-0.3, -0.25) is 0 Å². The topological polar surface area (TPSA) is 0 Å². The van der Waals surface area contributed by atoms with Crippen LogP contribution in [0.3, 0.4) is 0 Å². The van der Waals surface area contributed by atoms with Gasteiger partial charge in [0.15, 0.2) is 0 Å². The molecule has 0 saturated heterocycles. The Hall–Kier alpha value is -0.110. The molecule has 0 amide bonds. The highest BCUT2D eigenvalue weighted by Gasteiger charge is 2.11. The van der Waals surface area contributed by atoms with E-state index in [1.807, 2.05) is 0 Å². The summed E-state index contributed by atoms with van der Waals surface area (Å²) >= 11 is 29.9. The predicted molar refractivity (Wildman–Crippen MR) is 76.9 cm³/mol. The maximum atomic E-state index is 6.14. The molecule has 0 spiro atoms. The fraction of sp³-hybridized carbons (Fsp3) is 0. The quantitative estimate of drug-likeness (QED) is 0.517. The first-order valence-electron chi connectivity index (χ1n) is 4.59. The normalized spacial score (nSPS) is 10.6. The smallest absolute Gasteiger partial charge is 0.0784 e. The van der Waals surface area contributed by atoms with Crippen molar-refractivity contribution in [2.45, 2.75) is 0 Å². The van der Waals surface area contributed by atoms with Crippen molar-refractivity contribution in [3.8, 4) is 11.1 Å². The summed E-state index contributed by atoms with van der Waals surface area (Å²) in [6.07, 6.45) is 0. The van der Waals surface area contributed by atoms with Gasteiger partial charge in [0.2, 0.25) is 0 Å². The molecule has 0 aromatic heterocycles. The highest BCUT2D eigenvalue weighted by molar-refractivity contribution is 6.49. The second kappa shape index (κ2) is 5.26. The molecule has 0 fully saturated rings. The largest absolute Gasteiger partial charge is 0.0843 e. The molecule has 0 nitrogen and oxygen atoms in total. The van der Waals surface area contributed by atoms with Crippen LogP contribution in [0.1, 0.15) is 0 Å². The molecule has 17 heavy (non-hydrogen) atoms. The van der Waals surface area contributed by atoms with Crippen molar-refractivity contribution in [2.24, 2.45) is 0 Å². The zero-order valence-electron chi connectivity index (χ0n) is 8.28. The Bertz CT molecular complexity index is 557. The molecule has 0 aliphatic rings. The zero-order chi connectivity index (χ0) is 12.6. The van der Waals surface area contributed by atoms with Gasteiger partial charge in [-0.2, -0.15) is 0 Å². The molecule has 2 rings (SSSR count). The fourth-order valence-corrected chi connectivity index (χ4v) is 2.63. The third-order valence-electron chi connectivity index (χ3n) is 2.21. The first kappa shape index (κ1) is 13.3. The van der Waals surface area contributed by atoms with Crippen molar-refractivity contribution in [1.82, 2.24) is 0 Å². The Morgan fingerprint density at radius 3 is 1.82 bits per heavy atom. The first-order valence-corrected chi connectivity index (χ1v) is 6.48. The van der Waals surface area contributed by atoms with Crippen LogP contribution in [-0.4, -0.2) is 0 Å². The lowest BCUT2D eigenvalue weighted by Gasteiger charge is -2.08. The summed E-state index contributed by atoms with van der Waals surface area (Å²) in [5.41, 5.74) is 1.54. The molecule has 0 N–H and O–H groups in total. The lowest BCUT2D eigenvalue weighted by molar-refractivity contribution is 1.61. The average Bonchev–Trinajstić information content (AvgIpc) is 2.24. The molecule has 0 bridgehead atoms. The van der Waals surface area contributed by atoms with Gasteiger partial charge in [0.1, 0.15) is 0 Å². The fourth-order valence-electron chi connectivity index (χ4n) is 1.46. The van der Waals surface area contributed by atoms with Crippen LogP contribution >= 0.6 is 58.0 Å². The van der Waals surface area contributed by atoms with E-state index in [1.54, 1.807) is 30.3 Å². The van der Waals surface area contributed by atoms with Gasteiger partial charge in [-0.25, -0.2) is 0 Å². The molecule has 0 unspecified atom stereocenters. The number of halogens is 5. The lowest BCUT2D eigenvalue weighted by atomic mass is 10.1. The van der Waals surface area contributed by atoms with E-state index in [0.717, 1.165) is 11.1 Å². The number of benzene rings is 2. The first-order chi connectivity index (χ1) is 7.99. The van der Waals surface area contributed by atoms with Crippen molar-refractivity contribution in [2.75, 3.05) is 0 Å². The van der Waals surface area contributed by atoms with E-state index in [4.69, 9.17) is 58.0 Å². The Morgan fingerprint density at radius 2 is 1.24 bits per heavy atom. The van der Waals surface area contributed by atoms with Gasteiger partial charge in [0, 0.05) is 15.6 Å². The van der Waals surface area contributed by atoms with Gasteiger partial charge >= 0.3 is 0 Å². The van der Waals surface area contributed by atoms with Crippen LogP contribution in [0.25, 0.3) is 11.1 Å². The molecule has 2 aromatic carbocycles. The molecule has 0 aliphatic heterocycles. The van der Waals surface area contributed by atoms with Crippen molar-refractivity contribution in [1.29, 1.82) is 0 Å². The minimum Gasteiger partial charge on any atom is -0.0843 e. The predicted octanol–water partition coefficient (Wildman–Crippen LogP) is 6.62. The van der Waals surface area contributed by atoms with Crippen molar-refractivity contribution < 1.29 is 0 Å². The Kier molecular flexibility index (Phi) is 4.12. The van der Waals surface area contributed by atoms with Gasteiger partial charge in [-0.15, -0.1) is 0 Å².